The van der Waals surface area contributed by atoms with Crippen LogP contribution in [0.4, 0.5) is 0 Å². The molecule has 0 aliphatic rings. The lowest BCUT2D eigenvalue weighted by atomic mass is 10.1. The standard InChI is InChI=1S/C28H28N2O5/c1-18-19(2)30(16-21-5-4-6-24(13-21)35-17-27(31)32)26-12-9-22(14-25(18)26)28(33)29-15-20-7-10-23(34-3)11-8-20/h4-14H,15-17H2,1-3H3,(H,29,33)(H,31,32). The van der Waals surface area contributed by atoms with Gasteiger partial charge in [-0.3, -0.25) is 4.79 Å². The smallest absolute Gasteiger partial charge is 0.341 e. The number of aryl methyl sites for hydroxylation is 1. The second-order valence-electron chi connectivity index (χ2n) is 8.39. The monoisotopic (exact) mass is 472 g/mol. The summed E-state index contributed by atoms with van der Waals surface area (Å²) in [5, 5.41) is 12.9. The number of ether oxygens (including phenoxy) is 2. The summed E-state index contributed by atoms with van der Waals surface area (Å²) < 4.78 is 12.7. The van der Waals surface area contributed by atoms with Crippen molar-refractivity contribution in [3.8, 4) is 11.5 Å². The maximum Gasteiger partial charge on any atom is 0.341 e. The van der Waals surface area contributed by atoms with E-state index in [1.807, 2.05) is 60.7 Å². The van der Waals surface area contributed by atoms with E-state index in [0.717, 1.165) is 39.0 Å². The largest absolute Gasteiger partial charge is 0.497 e. The third kappa shape index (κ3) is 5.46. The molecule has 0 aliphatic heterocycles. The predicted octanol–water partition coefficient (Wildman–Crippen LogP) is 4.71. The molecule has 0 spiro atoms. The van der Waals surface area contributed by atoms with Gasteiger partial charge in [0.05, 0.1) is 7.11 Å². The molecule has 7 heteroatoms. The number of benzene rings is 3. The number of nitrogens with one attached hydrogen (secondary N) is 1. The molecule has 0 saturated heterocycles. The van der Waals surface area contributed by atoms with E-state index in [4.69, 9.17) is 14.6 Å². The van der Waals surface area contributed by atoms with Gasteiger partial charge in [-0.25, -0.2) is 4.79 Å². The van der Waals surface area contributed by atoms with Crippen LogP contribution in [0.5, 0.6) is 11.5 Å². The van der Waals surface area contributed by atoms with Crippen LogP contribution in [0, 0.1) is 13.8 Å². The van der Waals surface area contributed by atoms with Crippen LogP contribution in [0.1, 0.15) is 32.7 Å². The van der Waals surface area contributed by atoms with Crippen molar-refractivity contribution in [3.63, 3.8) is 0 Å². The average Bonchev–Trinajstić information content (AvgIpc) is 3.10. The average molecular weight is 473 g/mol. The minimum Gasteiger partial charge on any atom is -0.497 e. The maximum atomic E-state index is 12.8. The molecule has 0 radical (unpaired) electrons. The number of hydrogen-bond donors (Lipinski definition) is 2. The van der Waals surface area contributed by atoms with E-state index in [2.05, 4.69) is 23.7 Å². The summed E-state index contributed by atoms with van der Waals surface area (Å²) in [6.45, 7) is 4.77. The maximum absolute atomic E-state index is 12.8. The number of aliphatic carboxylic acids is 1. The molecule has 0 bridgehead atoms. The van der Waals surface area contributed by atoms with Gasteiger partial charge in [0.1, 0.15) is 11.5 Å². The number of nitrogens with zero attached hydrogens (tertiary/aromatic N) is 1. The number of carboxylic acid groups (broad SMARTS) is 1. The summed E-state index contributed by atoms with van der Waals surface area (Å²) in [5.74, 6) is 0.157. The Balaban J connectivity index is 1.52. The summed E-state index contributed by atoms with van der Waals surface area (Å²) in [6.07, 6.45) is 0. The number of fused-ring (bicyclic) bond motifs is 1. The first-order valence-electron chi connectivity index (χ1n) is 11.3. The summed E-state index contributed by atoms with van der Waals surface area (Å²) in [7, 11) is 1.62. The zero-order valence-corrected chi connectivity index (χ0v) is 20.0. The second-order valence-corrected chi connectivity index (χ2v) is 8.39. The molecule has 2 N–H and O–H groups in total. The van der Waals surface area contributed by atoms with Gasteiger partial charge in [0.15, 0.2) is 6.61 Å². The normalized spacial score (nSPS) is 10.8. The van der Waals surface area contributed by atoms with Gasteiger partial charge in [0.25, 0.3) is 5.91 Å². The molecule has 180 valence electrons. The van der Waals surface area contributed by atoms with E-state index in [1.165, 1.54) is 0 Å². The van der Waals surface area contributed by atoms with Gasteiger partial charge in [0, 0.05) is 35.2 Å². The van der Waals surface area contributed by atoms with Gasteiger partial charge >= 0.3 is 5.97 Å². The Bertz CT molecular complexity index is 1370. The minimum absolute atomic E-state index is 0.129. The molecule has 4 rings (SSSR count). The molecule has 0 saturated carbocycles. The van der Waals surface area contributed by atoms with Gasteiger partial charge < -0.3 is 24.5 Å². The molecule has 0 aliphatic carbocycles. The lowest BCUT2D eigenvalue weighted by molar-refractivity contribution is -0.139. The van der Waals surface area contributed by atoms with Crippen LogP contribution in [0.25, 0.3) is 10.9 Å². The van der Waals surface area contributed by atoms with Crippen LogP contribution in [0.3, 0.4) is 0 Å². The van der Waals surface area contributed by atoms with Crippen molar-refractivity contribution < 1.29 is 24.2 Å². The van der Waals surface area contributed by atoms with Gasteiger partial charge in [-0.2, -0.15) is 0 Å². The highest BCUT2D eigenvalue weighted by molar-refractivity contribution is 5.99. The quantitative estimate of drug-likeness (QED) is 0.368. The molecule has 0 fully saturated rings. The first-order chi connectivity index (χ1) is 16.9. The summed E-state index contributed by atoms with van der Waals surface area (Å²) in [4.78, 5) is 23.6. The first-order valence-corrected chi connectivity index (χ1v) is 11.3. The molecular formula is C28H28N2O5. The fourth-order valence-electron chi connectivity index (χ4n) is 4.08. The number of rotatable bonds is 9. The number of carboxylic acids is 1. The summed E-state index contributed by atoms with van der Waals surface area (Å²) in [6, 6.07) is 20.8. The number of carbonyl (C=O) groups is 2. The zero-order chi connectivity index (χ0) is 24.9. The van der Waals surface area contributed by atoms with E-state index in [0.29, 0.717) is 24.4 Å². The van der Waals surface area contributed by atoms with Gasteiger partial charge in [0.2, 0.25) is 0 Å². The lowest BCUT2D eigenvalue weighted by Gasteiger charge is -2.11. The summed E-state index contributed by atoms with van der Waals surface area (Å²) in [5.41, 5.74) is 5.84. The van der Waals surface area contributed by atoms with Crippen LogP contribution >= 0.6 is 0 Å². The van der Waals surface area contributed by atoms with Crippen molar-refractivity contribution in [2.24, 2.45) is 0 Å². The molecule has 3 aromatic carbocycles. The molecule has 35 heavy (non-hydrogen) atoms. The molecule has 1 amide bonds. The van der Waals surface area contributed by atoms with E-state index in [-0.39, 0.29) is 12.5 Å². The predicted molar refractivity (Wildman–Crippen MR) is 134 cm³/mol. The Labute approximate surface area is 203 Å². The fourth-order valence-corrected chi connectivity index (χ4v) is 4.08. The Morgan fingerprint density at radius 1 is 0.943 bits per heavy atom. The number of methoxy groups -OCH3 is 1. The number of aromatic nitrogens is 1. The van der Waals surface area contributed by atoms with Crippen molar-refractivity contribution in [2.45, 2.75) is 26.9 Å². The summed E-state index contributed by atoms with van der Waals surface area (Å²) >= 11 is 0. The molecule has 7 nitrogen and oxygen atoms in total. The van der Waals surface area contributed by atoms with E-state index < -0.39 is 5.97 Å². The highest BCUT2D eigenvalue weighted by Crippen LogP contribution is 2.28. The Morgan fingerprint density at radius 2 is 1.71 bits per heavy atom. The molecule has 4 aromatic rings. The number of hydrogen-bond acceptors (Lipinski definition) is 4. The van der Waals surface area contributed by atoms with Crippen molar-refractivity contribution in [1.29, 1.82) is 0 Å². The minimum atomic E-state index is -1.01. The van der Waals surface area contributed by atoms with Crippen molar-refractivity contribution >= 4 is 22.8 Å². The Morgan fingerprint density at radius 3 is 2.43 bits per heavy atom. The van der Waals surface area contributed by atoms with Crippen molar-refractivity contribution in [3.05, 3.63) is 94.7 Å². The third-order valence-corrected chi connectivity index (χ3v) is 6.11. The zero-order valence-electron chi connectivity index (χ0n) is 20.0. The van der Waals surface area contributed by atoms with Gasteiger partial charge in [-0.1, -0.05) is 24.3 Å². The molecule has 0 unspecified atom stereocenters. The van der Waals surface area contributed by atoms with E-state index in [1.54, 1.807) is 13.2 Å². The molecule has 1 aromatic heterocycles. The van der Waals surface area contributed by atoms with Gasteiger partial charge in [-0.15, -0.1) is 0 Å². The number of amides is 1. The topological polar surface area (TPSA) is 89.8 Å². The Kier molecular flexibility index (Phi) is 7.06. The van der Waals surface area contributed by atoms with E-state index >= 15 is 0 Å². The fraction of sp³-hybridized carbons (Fsp3) is 0.214. The van der Waals surface area contributed by atoms with Crippen LogP contribution in [-0.2, 0) is 17.9 Å². The van der Waals surface area contributed by atoms with Gasteiger partial charge in [-0.05, 0) is 73.0 Å². The number of carbonyl (C=O) groups excluding carboxylic acids is 1. The second kappa shape index (κ2) is 10.3. The van der Waals surface area contributed by atoms with E-state index in [9.17, 15) is 9.59 Å². The molecule has 1 heterocycles. The first kappa shape index (κ1) is 23.9. The highest BCUT2D eigenvalue weighted by Gasteiger charge is 2.15. The van der Waals surface area contributed by atoms with Crippen LogP contribution in [0.15, 0.2) is 66.7 Å². The molecular weight excluding hydrogens is 444 g/mol. The SMILES string of the molecule is COc1ccc(CNC(=O)c2ccc3c(c2)c(C)c(C)n3Cc2cccc(OCC(=O)O)c2)cc1. The third-order valence-electron chi connectivity index (χ3n) is 6.11. The van der Waals surface area contributed by atoms with Crippen LogP contribution in [0.2, 0.25) is 0 Å². The highest BCUT2D eigenvalue weighted by atomic mass is 16.5. The lowest BCUT2D eigenvalue weighted by Crippen LogP contribution is -2.22. The van der Waals surface area contributed by atoms with Crippen LogP contribution in [-0.4, -0.2) is 35.3 Å². The van der Waals surface area contributed by atoms with Crippen molar-refractivity contribution in [2.75, 3.05) is 13.7 Å². The molecule has 0 atom stereocenters. The van der Waals surface area contributed by atoms with Crippen molar-refractivity contribution in [1.82, 2.24) is 9.88 Å². The Hall–Kier alpha value is -4.26. The van der Waals surface area contributed by atoms with Crippen LogP contribution < -0.4 is 14.8 Å².